The van der Waals surface area contributed by atoms with Crippen molar-refractivity contribution < 1.29 is 14.7 Å². The number of nitrogens with zero attached hydrogens (tertiary/aromatic N) is 1. The van der Waals surface area contributed by atoms with E-state index in [1.807, 2.05) is 0 Å². The van der Waals surface area contributed by atoms with E-state index >= 15 is 0 Å². The van der Waals surface area contributed by atoms with Gasteiger partial charge in [-0.15, -0.1) is 0 Å². The van der Waals surface area contributed by atoms with Gasteiger partial charge in [0.2, 0.25) is 5.91 Å². The number of carbonyl (C=O) groups excluding carboxylic acids is 1. The number of aliphatic carboxylic acids is 1. The largest absolute Gasteiger partial charge is 0.481 e. The first-order valence-electron chi connectivity index (χ1n) is 4.63. The maximum Gasteiger partial charge on any atom is 0.303 e. The Hall–Kier alpha value is -1.10. The zero-order valence-corrected chi connectivity index (χ0v) is 8.91. The van der Waals surface area contributed by atoms with Gasteiger partial charge in [0.1, 0.15) is 0 Å². The van der Waals surface area contributed by atoms with Crippen LogP contribution in [0.25, 0.3) is 0 Å². The van der Waals surface area contributed by atoms with E-state index in [-0.39, 0.29) is 18.4 Å². The van der Waals surface area contributed by atoms with Gasteiger partial charge in [-0.25, -0.2) is 0 Å². The molecular formula is C9H18N2O3. The van der Waals surface area contributed by atoms with Crippen LogP contribution in [0.3, 0.4) is 0 Å². The predicted molar refractivity (Wildman–Crippen MR) is 53.0 cm³/mol. The molecule has 0 fully saturated rings. The minimum atomic E-state index is -0.826. The summed E-state index contributed by atoms with van der Waals surface area (Å²) in [6.45, 7) is 2.26. The summed E-state index contributed by atoms with van der Waals surface area (Å²) in [7, 11) is 3.39. The summed E-state index contributed by atoms with van der Waals surface area (Å²) >= 11 is 0. The van der Waals surface area contributed by atoms with Crippen LogP contribution >= 0.6 is 0 Å². The minimum Gasteiger partial charge on any atom is -0.481 e. The molecule has 0 aromatic carbocycles. The molecule has 0 bridgehead atoms. The highest BCUT2D eigenvalue weighted by molar-refractivity contribution is 5.81. The Morgan fingerprint density at radius 2 is 2.07 bits per heavy atom. The molecule has 1 atom stereocenters. The molecule has 0 aromatic heterocycles. The summed E-state index contributed by atoms with van der Waals surface area (Å²) in [5.41, 5.74) is 0. The van der Waals surface area contributed by atoms with Gasteiger partial charge in [-0.2, -0.15) is 0 Å². The van der Waals surface area contributed by atoms with Crippen molar-refractivity contribution in [2.75, 3.05) is 20.6 Å². The van der Waals surface area contributed by atoms with Crippen LogP contribution in [0.1, 0.15) is 19.8 Å². The Bertz CT molecular complexity index is 206. The lowest BCUT2D eigenvalue weighted by Gasteiger charge is -2.20. The molecule has 1 unspecified atom stereocenters. The van der Waals surface area contributed by atoms with Crippen LogP contribution in [0.2, 0.25) is 0 Å². The van der Waals surface area contributed by atoms with Crippen LogP contribution in [-0.4, -0.2) is 48.6 Å². The Balaban J connectivity index is 3.78. The highest BCUT2D eigenvalue weighted by Crippen LogP contribution is 1.96. The SMILES string of the molecule is CNC(C)C(=O)N(C)CCCC(=O)O. The smallest absolute Gasteiger partial charge is 0.303 e. The number of rotatable bonds is 6. The van der Waals surface area contributed by atoms with Crippen molar-refractivity contribution in [2.45, 2.75) is 25.8 Å². The third-order valence-corrected chi connectivity index (χ3v) is 2.06. The van der Waals surface area contributed by atoms with E-state index < -0.39 is 5.97 Å². The lowest BCUT2D eigenvalue weighted by molar-refractivity contribution is -0.138. The van der Waals surface area contributed by atoms with Crippen molar-refractivity contribution in [3.8, 4) is 0 Å². The molecule has 0 aliphatic carbocycles. The number of hydrogen-bond acceptors (Lipinski definition) is 3. The van der Waals surface area contributed by atoms with E-state index in [2.05, 4.69) is 5.32 Å². The Labute approximate surface area is 84.1 Å². The number of amides is 1. The highest BCUT2D eigenvalue weighted by atomic mass is 16.4. The molecule has 2 N–H and O–H groups in total. The second-order valence-corrected chi connectivity index (χ2v) is 3.27. The monoisotopic (exact) mass is 202 g/mol. The first kappa shape index (κ1) is 12.9. The summed E-state index contributed by atoms with van der Waals surface area (Å²) < 4.78 is 0. The summed E-state index contributed by atoms with van der Waals surface area (Å²) in [6.07, 6.45) is 0.597. The molecule has 0 aromatic rings. The standard InChI is InChI=1S/C9H18N2O3/c1-7(10-2)9(14)11(3)6-4-5-8(12)13/h7,10H,4-6H2,1-3H3,(H,12,13). The van der Waals surface area contributed by atoms with Gasteiger partial charge in [0.05, 0.1) is 6.04 Å². The van der Waals surface area contributed by atoms with Crippen LogP contribution in [0.4, 0.5) is 0 Å². The molecule has 14 heavy (non-hydrogen) atoms. The Morgan fingerprint density at radius 1 is 1.50 bits per heavy atom. The van der Waals surface area contributed by atoms with E-state index in [9.17, 15) is 9.59 Å². The normalized spacial score (nSPS) is 12.2. The lowest BCUT2D eigenvalue weighted by Crippen LogP contribution is -2.42. The average Bonchev–Trinajstić information content (AvgIpc) is 2.14. The quantitative estimate of drug-likeness (QED) is 0.632. The van der Waals surface area contributed by atoms with E-state index in [0.717, 1.165) is 0 Å². The summed E-state index contributed by atoms with van der Waals surface area (Å²) in [5, 5.41) is 11.2. The fourth-order valence-electron chi connectivity index (χ4n) is 1.03. The summed E-state index contributed by atoms with van der Waals surface area (Å²) in [4.78, 5) is 23.2. The van der Waals surface area contributed by atoms with E-state index in [0.29, 0.717) is 13.0 Å². The van der Waals surface area contributed by atoms with Crippen molar-refractivity contribution in [1.29, 1.82) is 0 Å². The topological polar surface area (TPSA) is 69.6 Å². The average molecular weight is 202 g/mol. The number of nitrogens with one attached hydrogen (secondary N) is 1. The third-order valence-electron chi connectivity index (χ3n) is 2.06. The van der Waals surface area contributed by atoms with Crippen LogP contribution in [0.5, 0.6) is 0 Å². The third kappa shape index (κ3) is 4.81. The van der Waals surface area contributed by atoms with Gasteiger partial charge in [0.25, 0.3) is 0 Å². The first-order valence-corrected chi connectivity index (χ1v) is 4.63. The number of hydrogen-bond donors (Lipinski definition) is 2. The molecule has 0 rings (SSSR count). The zero-order valence-electron chi connectivity index (χ0n) is 8.91. The van der Waals surface area contributed by atoms with Gasteiger partial charge in [-0.1, -0.05) is 0 Å². The molecule has 0 saturated carbocycles. The lowest BCUT2D eigenvalue weighted by atomic mass is 10.2. The van der Waals surface area contributed by atoms with Gasteiger partial charge in [0.15, 0.2) is 0 Å². The number of likely N-dealkylation sites (N-methyl/N-ethyl adjacent to an activating group) is 2. The second kappa shape index (κ2) is 6.37. The number of carboxylic acids is 1. The minimum absolute atomic E-state index is 0.0158. The predicted octanol–water partition coefficient (Wildman–Crippen LogP) is -0.0825. The van der Waals surface area contributed by atoms with Crippen molar-refractivity contribution in [2.24, 2.45) is 0 Å². The van der Waals surface area contributed by atoms with Crippen molar-refractivity contribution in [3.05, 3.63) is 0 Å². The fourth-order valence-corrected chi connectivity index (χ4v) is 1.03. The van der Waals surface area contributed by atoms with Gasteiger partial charge in [0, 0.05) is 20.0 Å². The van der Waals surface area contributed by atoms with E-state index in [1.165, 1.54) is 0 Å². The first-order chi connectivity index (χ1) is 6.49. The van der Waals surface area contributed by atoms with Crippen molar-refractivity contribution in [1.82, 2.24) is 10.2 Å². The molecule has 1 amide bonds. The molecule has 0 radical (unpaired) electrons. The maximum atomic E-state index is 11.5. The molecule has 5 nitrogen and oxygen atoms in total. The van der Waals surface area contributed by atoms with Crippen molar-refractivity contribution in [3.63, 3.8) is 0 Å². The molecule has 82 valence electrons. The Kier molecular flexibility index (Phi) is 5.87. The molecular weight excluding hydrogens is 184 g/mol. The fraction of sp³-hybridized carbons (Fsp3) is 0.778. The summed E-state index contributed by atoms with van der Waals surface area (Å²) in [6, 6.07) is -0.218. The van der Waals surface area contributed by atoms with Gasteiger partial charge in [-0.3, -0.25) is 9.59 Å². The molecule has 0 heterocycles. The second-order valence-electron chi connectivity index (χ2n) is 3.27. The molecule has 0 aliphatic heterocycles. The molecule has 5 heteroatoms. The van der Waals surface area contributed by atoms with Crippen molar-refractivity contribution >= 4 is 11.9 Å². The zero-order chi connectivity index (χ0) is 11.1. The molecule has 0 spiro atoms. The number of carbonyl (C=O) groups is 2. The summed E-state index contributed by atoms with van der Waals surface area (Å²) in [5.74, 6) is -0.842. The Morgan fingerprint density at radius 3 is 2.50 bits per heavy atom. The van der Waals surface area contributed by atoms with Crippen LogP contribution in [0, 0.1) is 0 Å². The molecule has 0 saturated heterocycles. The van der Waals surface area contributed by atoms with Gasteiger partial charge < -0.3 is 15.3 Å². The van der Waals surface area contributed by atoms with E-state index in [4.69, 9.17) is 5.11 Å². The van der Waals surface area contributed by atoms with Gasteiger partial charge >= 0.3 is 5.97 Å². The van der Waals surface area contributed by atoms with Crippen LogP contribution in [-0.2, 0) is 9.59 Å². The van der Waals surface area contributed by atoms with Gasteiger partial charge in [-0.05, 0) is 20.4 Å². The number of carboxylic acid groups (broad SMARTS) is 1. The highest BCUT2D eigenvalue weighted by Gasteiger charge is 2.14. The van der Waals surface area contributed by atoms with Crippen LogP contribution in [0.15, 0.2) is 0 Å². The van der Waals surface area contributed by atoms with Crippen LogP contribution < -0.4 is 5.32 Å². The molecule has 0 aliphatic rings. The van der Waals surface area contributed by atoms with E-state index in [1.54, 1.807) is 25.9 Å². The maximum absolute atomic E-state index is 11.5.